The highest BCUT2D eigenvalue weighted by molar-refractivity contribution is 6.25. The lowest BCUT2D eigenvalue weighted by Gasteiger charge is -2.26. The monoisotopic (exact) mass is 408 g/mol. The average Bonchev–Trinajstić information content (AvgIpc) is 2.68. The Hall–Kier alpha value is -1.94. The number of ether oxygens (including phenoxy) is 1. The Labute approximate surface area is 169 Å². The summed E-state index contributed by atoms with van der Waals surface area (Å²) in [5, 5.41) is 0. The second-order valence-corrected chi connectivity index (χ2v) is 7.66. The summed E-state index contributed by atoms with van der Waals surface area (Å²) in [7, 11) is 0. The van der Waals surface area contributed by atoms with Crippen LogP contribution in [0.15, 0.2) is 60.1 Å². The van der Waals surface area contributed by atoms with Gasteiger partial charge in [-0.2, -0.15) is 0 Å². The Morgan fingerprint density at radius 3 is 2.00 bits per heavy atom. The molecule has 1 nitrogen and oxygen atoms in total. The van der Waals surface area contributed by atoms with Crippen molar-refractivity contribution >= 4 is 11.6 Å². The van der Waals surface area contributed by atoms with E-state index in [1.165, 1.54) is 49.8 Å². The molecule has 0 saturated heterocycles. The molecule has 3 rings (SSSR count). The van der Waals surface area contributed by atoms with Crippen molar-refractivity contribution in [1.82, 2.24) is 0 Å². The molecule has 0 bridgehead atoms. The largest absolute Gasteiger partial charge is 0.573 e. The fraction of sp³-hybridized carbons (Fsp3) is 0.391. The molecule has 0 spiro atoms. The van der Waals surface area contributed by atoms with E-state index in [4.69, 9.17) is 11.6 Å². The molecule has 1 fully saturated rings. The van der Waals surface area contributed by atoms with Gasteiger partial charge in [0.1, 0.15) is 5.75 Å². The summed E-state index contributed by atoms with van der Waals surface area (Å²) in [6.45, 7) is 0. The van der Waals surface area contributed by atoms with Crippen LogP contribution in [0.1, 0.15) is 37.7 Å². The minimum absolute atomic E-state index is 0.205. The molecule has 0 aliphatic heterocycles. The zero-order valence-corrected chi connectivity index (χ0v) is 16.3. The van der Waals surface area contributed by atoms with E-state index >= 15 is 0 Å². The van der Waals surface area contributed by atoms with E-state index in [1.54, 1.807) is 17.7 Å². The third-order valence-corrected chi connectivity index (χ3v) is 5.60. The van der Waals surface area contributed by atoms with Crippen molar-refractivity contribution in [3.8, 4) is 16.9 Å². The van der Waals surface area contributed by atoms with E-state index in [-0.39, 0.29) is 5.75 Å². The molecule has 2 aromatic rings. The maximum absolute atomic E-state index is 12.2. The van der Waals surface area contributed by atoms with Gasteiger partial charge in [0.2, 0.25) is 0 Å². The van der Waals surface area contributed by atoms with E-state index < -0.39 is 6.36 Å². The molecular formula is C23H24ClF3O. The maximum atomic E-state index is 12.2. The van der Waals surface area contributed by atoms with Crippen LogP contribution in [0.2, 0.25) is 0 Å². The summed E-state index contributed by atoms with van der Waals surface area (Å²) in [6.07, 6.45) is 4.66. The van der Waals surface area contributed by atoms with Crippen LogP contribution in [0, 0.1) is 11.8 Å². The van der Waals surface area contributed by atoms with Crippen molar-refractivity contribution in [3.63, 3.8) is 0 Å². The van der Waals surface area contributed by atoms with Crippen LogP contribution in [-0.2, 0) is 6.42 Å². The van der Waals surface area contributed by atoms with Gasteiger partial charge in [0.15, 0.2) is 0 Å². The summed E-state index contributed by atoms with van der Waals surface area (Å²) in [6, 6.07) is 14.2. The fourth-order valence-corrected chi connectivity index (χ4v) is 4.06. The van der Waals surface area contributed by atoms with E-state index in [1.807, 2.05) is 12.1 Å². The molecule has 150 valence electrons. The Kier molecular flexibility index (Phi) is 7.06. The average molecular weight is 409 g/mol. The number of halogens is 4. The molecule has 0 radical (unpaired) electrons. The molecule has 0 heterocycles. The van der Waals surface area contributed by atoms with Gasteiger partial charge in [0, 0.05) is 5.54 Å². The van der Waals surface area contributed by atoms with Crippen molar-refractivity contribution in [2.24, 2.45) is 11.8 Å². The van der Waals surface area contributed by atoms with Gasteiger partial charge in [-0.15, -0.1) is 13.2 Å². The molecule has 0 atom stereocenters. The Morgan fingerprint density at radius 1 is 0.893 bits per heavy atom. The first-order chi connectivity index (χ1) is 13.4. The lowest BCUT2D eigenvalue weighted by Crippen LogP contribution is -2.16. The third-order valence-electron chi connectivity index (χ3n) is 5.45. The van der Waals surface area contributed by atoms with Crippen molar-refractivity contribution in [1.29, 1.82) is 0 Å². The lowest BCUT2D eigenvalue weighted by atomic mass is 9.79. The minimum atomic E-state index is -4.66. The van der Waals surface area contributed by atoms with E-state index in [9.17, 15) is 13.2 Å². The van der Waals surface area contributed by atoms with Crippen LogP contribution in [-0.4, -0.2) is 6.36 Å². The second-order valence-electron chi connectivity index (χ2n) is 7.41. The summed E-state index contributed by atoms with van der Waals surface area (Å²) in [4.78, 5) is 0. The standard InChI is InChI=1S/C23H24ClF3O/c24-16-15-19-5-3-17(4-6-19)1-2-18-7-9-20(10-8-18)21-11-13-22(14-12-21)28-23(25,26)27/h7-17,19H,1-6H2. The SMILES string of the molecule is FC(F)(F)Oc1ccc(-c2ccc(CCC3CCC(C=CCl)CC3)cc2)cc1. The summed E-state index contributed by atoms with van der Waals surface area (Å²) in [5.41, 5.74) is 4.79. The number of allylic oxidation sites excluding steroid dienone is 1. The van der Waals surface area contributed by atoms with Gasteiger partial charge in [-0.1, -0.05) is 54.1 Å². The molecule has 0 N–H and O–H groups in total. The zero-order valence-electron chi connectivity index (χ0n) is 15.6. The number of hydrogen-bond acceptors (Lipinski definition) is 1. The molecule has 1 aliphatic carbocycles. The van der Waals surface area contributed by atoms with Crippen LogP contribution in [0.3, 0.4) is 0 Å². The summed E-state index contributed by atoms with van der Waals surface area (Å²) >= 11 is 5.67. The lowest BCUT2D eigenvalue weighted by molar-refractivity contribution is -0.274. The van der Waals surface area contributed by atoms with Gasteiger partial charge in [-0.25, -0.2) is 0 Å². The van der Waals surface area contributed by atoms with Crippen LogP contribution < -0.4 is 4.74 Å². The highest BCUT2D eigenvalue weighted by atomic mass is 35.5. The molecule has 2 aromatic carbocycles. The first-order valence-electron chi connectivity index (χ1n) is 9.65. The number of hydrogen-bond donors (Lipinski definition) is 0. The van der Waals surface area contributed by atoms with Gasteiger partial charge in [0.05, 0.1) is 0 Å². The highest BCUT2D eigenvalue weighted by Gasteiger charge is 2.30. The van der Waals surface area contributed by atoms with E-state index in [0.717, 1.165) is 23.5 Å². The van der Waals surface area contributed by atoms with E-state index in [0.29, 0.717) is 5.92 Å². The number of aryl methyl sites for hydroxylation is 1. The van der Waals surface area contributed by atoms with E-state index in [2.05, 4.69) is 22.9 Å². The Bertz CT molecular complexity index is 758. The first-order valence-corrected chi connectivity index (χ1v) is 10.1. The molecule has 0 unspecified atom stereocenters. The normalized spacial score (nSPS) is 20.4. The first kappa shape index (κ1) is 20.8. The number of benzene rings is 2. The van der Waals surface area contributed by atoms with Crippen LogP contribution >= 0.6 is 11.6 Å². The molecular weight excluding hydrogens is 385 g/mol. The van der Waals surface area contributed by atoms with Crippen molar-refractivity contribution in [2.75, 3.05) is 0 Å². The van der Waals surface area contributed by atoms with Crippen molar-refractivity contribution < 1.29 is 17.9 Å². The smallest absolute Gasteiger partial charge is 0.406 e. The summed E-state index contributed by atoms with van der Waals surface area (Å²) < 4.78 is 40.6. The zero-order chi connectivity index (χ0) is 20.0. The quantitative estimate of drug-likeness (QED) is 0.474. The predicted octanol–water partition coefficient (Wildman–Crippen LogP) is 7.74. The molecule has 1 saturated carbocycles. The molecule has 0 aromatic heterocycles. The molecule has 0 amide bonds. The highest BCUT2D eigenvalue weighted by Crippen LogP contribution is 2.33. The van der Waals surface area contributed by atoms with Crippen molar-refractivity contribution in [2.45, 2.75) is 44.9 Å². The van der Waals surface area contributed by atoms with Crippen LogP contribution in [0.4, 0.5) is 13.2 Å². The molecule has 28 heavy (non-hydrogen) atoms. The van der Waals surface area contributed by atoms with Gasteiger partial charge >= 0.3 is 6.36 Å². The molecule has 1 aliphatic rings. The van der Waals surface area contributed by atoms with Gasteiger partial charge in [0.25, 0.3) is 0 Å². The second kappa shape index (κ2) is 9.51. The fourth-order valence-electron chi connectivity index (χ4n) is 3.86. The van der Waals surface area contributed by atoms with Crippen molar-refractivity contribution in [3.05, 3.63) is 65.7 Å². The Morgan fingerprint density at radius 2 is 1.46 bits per heavy atom. The minimum Gasteiger partial charge on any atom is -0.406 e. The van der Waals surface area contributed by atoms with Crippen LogP contribution in [0.25, 0.3) is 11.1 Å². The van der Waals surface area contributed by atoms with Gasteiger partial charge in [-0.05, 0) is 79.2 Å². The Balaban J connectivity index is 1.51. The third kappa shape index (κ3) is 6.30. The number of rotatable bonds is 6. The topological polar surface area (TPSA) is 9.23 Å². The predicted molar refractivity (Wildman–Crippen MR) is 107 cm³/mol. The number of alkyl halides is 3. The van der Waals surface area contributed by atoms with Gasteiger partial charge in [-0.3, -0.25) is 0 Å². The summed E-state index contributed by atoms with van der Waals surface area (Å²) in [5.74, 6) is 1.21. The van der Waals surface area contributed by atoms with Gasteiger partial charge < -0.3 is 4.74 Å². The van der Waals surface area contributed by atoms with Crippen LogP contribution in [0.5, 0.6) is 5.75 Å². The molecule has 5 heteroatoms. The maximum Gasteiger partial charge on any atom is 0.573 e.